The molecule has 3 rings (SSSR count). The molecule has 0 radical (unpaired) electrons. The molecule has 1 N–H and O–H groups in total. The van der Waals surface area contributed by atoms with Gasteiger partial charge in [-0.25, -0.2) is 4.98 Å². The normalized spacial score (nSPS) is 14.4. The largest absolute Gasteiger partial charge is 0.454 e. The molecule has 1 aliphatic rings. The summed E-state index contributed by atoms with van der Waals surface area (Å²) in [6.07, 6.45) is 1.08. The number of fused-ring (bicyclic) bond motifs is 1. The minimum Gasteiger partial charge on any atom is -0.454 e. The van der Waals surface area contributed by atoms with Gasteiger partial charge in [0.1, 0.15) is 5.01 Å². The molecule has 1 aromatic heterocycles. The van der Waals surface area contributed by atoms with E-state index in [0.717, 1.165) is 45.2 Å². The molecule has 0 saturated carbocycles. The highest BCUT2D eigenvalue weighted by Gasteiger charge is 2.23. The highest BCUT2D eigenvalue weighted by molar-refractivity contribution is 9.10. The van der Waals surface area contributed by atoms with Crippen LogP contribution in [0.4, 0.5) is 0 Å². The van der Waals surface area contributed by atoms with Gasteiger partial charge in [0, 0.05) is 11.1 Å². The highest BCUT2D eigenvalue weighted by atomic mass is 79.9. The number of nitrogens with one attached hydrogen (secondary N) is 1. The van der Waals surface area contributed by atoms with Crippen molar-refractivity contribution in [1.82, 2.24) is 10.3 Å². The van der Waals surface area contributed by atoms with Gasteiger partial charge in [-0.3, -0.25) is 0 Å². The molecule has 1 aromatic carbocycles. The van der Waals surface area contributed by atoms with Gasteiger partial charge in [-0.05, 0) is 53.5 Å². The number of halogens is 1. The number of hydrogen-bond donors (Lipinski definition) is 1. The van der Waals surface area contributed by atoms with E-state index in [1.165, 1.54) is 0 Å². The zero-order valence-corrected chi connectivity index (χ0v) is 14.4. The van der Waals surface area contributed by atoms with Gasteiger partial charge >= 0.3 is 0 Å². The summed E-state index contributed by atoms with van der Waals surface area (Å²) < 4.78 is 11.9. The number of thiazole rings is 1. The Morgan fingerprint density at radius 1 is 1.43 bits per heavy atom. The summed E-state index contributed by atoms with van der Waals surface area (Å²) >= 11 is 5.24. The van der Waals surface area contributed by atoms with Gasteiger partial charge in [0.15, 0.2) is 11.5 Å². The molecule has 0 fully saturated rings. The fourth-order valence-corrected chi connectivity index (χ4v) is 3.77. The monoisotopic (exact) mass is 368 g/mol. The predicted molar refractivity (Wildman–Crippen MR) is 87.3 cm³/mol. The van der Waals surface area contributed by atoms with E-state index in [-0.39, 0.29) is 12.8 Å². The Hall–Kier alpha value is -1.11. The molecule has 0 amide bonds. The van der Waals surface area contributed by atoms with E-state index in [4.69, 9.17) is 9.47 Å². The predicted octanol–water partition coefficient (Wildman–Crippen LogP) is 4.03. The van der Waals surface area contributed by atoms with Crippen LogP contribution in [-0.4, -0.2) is 18.3 Å². The third kappa shape index (κ3) is 3.07. The minimum atomic E-state index is 0.0782. The summed E-state index contributed by atoms with van der Waals surface area (Å²) in [5, 5.41) is 6.72. The molecule has 2 aromatic rings. The summed E-state index contributed by atoms with van der Waals surface area (Å²) in [7, 11) is 0. The number of rotatable bonds is 5. The van der Waals surface area contributed by atoms with E-state index in [1.807, 2.05) is 13.0 Å². The second-order valence-corrected chi connectivity index (χ2v) is 6.69. The van der Waals surface area contributed by atoms with Gasteiger partial charge in [-0.1, -0.05) is 6.92 Å². The van der Waals surface area contributed by atoms with E-state index in [0.29, 0.717) is 0 Å². The van der Waals surface area contributed by atoms with Crippen molar-refractivity contribution >= 4 is 27.3 Å². The van der Waals surface area contributed by atoms with Crippen LogP contribution in [0.1, 0.15) is 35.7 Å². The first-order chi connectivity index (χ1) is 10.2. The van der Waals surface area contributed by atoms with Crippen molar-refractivity contribution in [1.29, 1.82) is 0 Å². The van der Waals surface area contributed by atoms with Gasteiger partial charge in [0.25, 0.3) is 0 Å². The molecular weight excluding hydrogens is 352 g/mol. The molecule has 21 heavy (non-hydrogen) atoms. The summed E-state index contributed by atoms with van der Waals surface area (Å²) in [5.41, 5.74) is 2.19. The molecule has 2 heterocycles. The summed E-state index contributed by atoms with van der Waals surface area (Å²) in [6.45, 7) is 5.40. The first-order valence-corrected chi connectivity index (χ1v) is 8.60. The standard InChI is InChI=1S/C15H17BrN2O2S/c1-3-4-17-13(15-18-9(2)7-21-15)10-5-11(16)14-12(6-10)19-8-20-14/h5-7,13,17H,3-4,8H2,1-2H3. The quantitative estimate of drug-likeness (QED) is 0.864. The molecule has 0 saturated heterocycles. The van der Waals surface area contributed by atoms with Crippen LogP contribution in [0.3, 0.4) is 0 Å². The van der Waals surface area contributed by atoms with Crippen molar-refractivity contribution in [3.63, 3.8) is 0 Å². The van der Waals surface area contributed by atoms with Crippen molar-refractivity contribution in [2.45, 2.75) is 26.3 Å². The zero-order valence-electron chi connectivity index (χ0n) is 12.0. The van der Waals surface area contributed by atoms with Crippen molar-refractivity contribution in [2.24, 2.45) is 0 Å². The van der Waals surface area contributed by atoms with Crippen LogP contribution in [0.25, 0.3) is 0 Å². The Labute approximate surface area is 136 Å². The molecule has 0 bridgehead atoms. The fraction of sp³-hybridized carbons (Fsp3) is 0.400. The SMILES string of the molecule is CCCNC(c1cc(Br)c2c(c1)OCO2)c1nc(C)cs1. The van der Waals surface area contributed by atoms with Crippen molar-refractivity contribution in [3.05, 3.63) is 38.3 Å². The van der Waals surface area contributed by atoms with Crippen LogP contribution in [0.5, 0.6) is 11.5 Å². The van der Waals surface area contributed by atoms with Gasteiger partial charge < -0.3 is 14.8 Å². The molecule has 1 aliphatic heterocycles. The minimum absolute atomic E-state index is 0.0782. The first-order valence-electron chi connectivity index (χ1n) is 6.93. The van der Waals surface area contributed by atoms with Crippen LogP contribution in [0.2, 0.25) is 0 Å². The molecule has 0 spiro atoms. The number of hydrogen-bond acceptors (Lipinski definition) is 5. The number of benzene rings is 1. The van der Waals surface area contributed by atoms with Crippen LogP contribution < -0.4 is 14.8 Å². The van der Waals surface area contributed by atoms with Crippen molar-refractivity contribution in [2.75, 3.05) is 13.3 Å². The Morgan fingerprint density at radius 3 is 3.00 bits per heavy atom. The van der Waals surface area contributed by atoms with E-state index in [2.05, 4.69) is 44.6 Å². The van der Waals surface area contributed by atoms with E-state index in [9.17, 15) is 0 Å². The average Bonchev–Trinajstić information content (AvgIpc) is 3.08. The number of ether oxygens (including phenoxy) is 2. The van der Waals surface area contributed by atoms with Crippen LogP contribution in [-0.2, 0) is 0 Å². The summed E-state index contributed by atoms with van der Waals surface area (Å²) in [5.74, 6) is 1.57. The second-order valence-electron chi connectivity index (χ2n) is 4.95. The van der Waals surface area contributed by atoms with E-state index in [1.54, 1.807) is 11.3 Å². The Bertz CT molecular complexity index is 645. The number of nitrogens with zero attached hydrogens (tertiary/aromatic N) is 1. The maximum absolute atomic E-state index is 5.52. The second kappa shape index (κ2) is 6.34. The Morgan fingerprint density at radius 2 is 2.29 bits per heavy atom. The first kappa shape index (κ1) is 14.8. The Balaban J connectivity index is 1.98. The molecule has 4 nitrogen and oxygen atoms in total. The molecule has 1 atom stereocenters. The lowest BCUT2D eigenvalue weighted by atomic mass is 10.1. The maximum atomic E-state index is 5.52. The third-order valence-electron chi connectivity index (χ3n) is 3.27. The molecule has 0 aliphatic carbocycles. The highest BCUT2D eigenvalue weighted by Crippen LogP contribution is 2.42. The summed E-state index contributed by atoms with van der Waals surface area (Å²) in [6, 6.07) is 4.20. The average molecular weight is 369 g/mol. The van der Waals surface area contributed by atoms with E-state index < -0.39 is 0 Å². The van der Waals surface area contributed by atoms with Crippen LogP contribution in [0.15, 0.2) is 22.0 Å². The third-order valence-corrected chi connectivity index (χ3v) is 4.88. The lowest BCUT2D eigenvalue weighted by Crippen LogP contribution is -2.23. The van der Waals surface area contributed by atoms with Gasteiger partial charge in [-0.2, -0.15) is 0 Å². The lowest BCUT2D eigenvalue weighted by molar-refractivity contribution is 0.173. The Kier molecular flexibility index (Phi) is 4.47. The number of aromatic nitrogens is 1. The van der Waals surface area contributed by atoms with Gasteiger partial charge in [-0.15, -0.1) is 11.3 Å². The van der Waals surface area contributed by atoms with Gasteiger partial charge in [0.2, 0.25) is 6.79 Å². The van der Waals surface area contributed by atoms with Crippen molar-refractivity contribution < 1.29 is 9.47 Å². The van der Waals surface area contributed by atoms with E-state index >= 15 is 0 Å². The van der Waals surface area contributed by atoms with Crippen molar-refractivity contribution in [3.8, 4) is 11.5 Å². The van der Waals surface area contributed by atoms with Crippen LogP contribution in [0, 0.1) is 6.92 Å². The smallest absolute Gasteiger partial charge is 0.231 e. The topological polar surface area (TPSA) is 43.4 Å². The lowest BCUT2D eigenvalue weighted by Gasteiger charge is -2.17. The van der Waals surface area contributed by atoms with Crippen LogP contribution >= 0.6 is 27.3 Å². The fourth-order valence-electron chi connectivity index (χ4n) is 2.30. The molecule has 6 heteroatoms. The molecule has 112 valence electrons. The number of aryl methyl sites for hydroxylation is 1. The maximum Gasteiger partial charge on any atom is 0.231 e. The van der Waals surface area contributed by atoms with Gasteiger partial charge in [0.05, 0.1) is 10.5 Å². The molecule has 1 unspecified atom stereocenters. The molecular formula is C15H17BrN2O2S. The zero-order chi connectivity index (χ0) is 14.8. The summed E-state index contributed by atoms with van der Waals surface area (Å²) in [4.78, 5) is 4.63.